The van der Waals surface area contributed by atoms with Gasteiger partial charge in [0.1, 0.15) is 0 Å². The number of nitrogens with zero attached hydrogens (tertiary/aromatic N) is 1. The molecule has 1 N–H and O–H groups in total. The molecule has 0 atom stereocenters. The molecule has 2 heteroatoms. The lowest BCUT2D eigenvalue weighted by Crippen LogP contribution is -2.43. The summed E-state index contributed by atoms with van der Waals surface area (Å²) in [6, 6.07) is 0. The maximum Gasteiger partial charge on any atom is 0.0599 e. The number of piperazine rings is 1. The molecule has 2 nitrogen and oxygen atoms in total. The fraction of sp³-hybridized carbons (Fsp3) is 0.750. The van der Waals surface area contributed by atoms with Gasteiger partial charge >= 0.3 is 0 Å². The van der Waals surface area contributed by atoms with Crippen LogP contribution in [-0.4, -0.2) is 37.6 Å². The Kier molecular flexibility index (Phi) is 5.00. The summed E-state index contributed by atoms with van der Waals surface area (Å²) in [6.45, 7) is 5.18. The average molecular weight is 140 g/mol. The SMILES string of the molecule is C.C#CCN1CCNCC1. The van der Waals surface area contributed by atoms with Crippen LogP contribution in [0.4, 0.5) is 0 Å². The smallest absolute Gasteiger partial charge is 0.0599 e. The van der Waals surface area contributed by atoms with Crippen LogP contribution < -0.4 is 5.32 Å². The van der Waals surface area contributed by atoms with Gasteiger partial charge in [-0.05, 0) is 0 Å². The maximum absolute atomic E-state index is 5.15. The molecular weight excluding hydrogens is 124 g/mol. The molecule has 1 heterocycles. The Bertz CT molecular complexity index is 109. The summed E-state index contributed by atoms with van der Waals surface area (Å²) in [6.07, 6.45) is 5.15. The van der Waals surface area contributed by atoms with Crippen molar-refractivity contribution in [1.29, 1.82) is 0 Å². The zero-order valence-electron chi connectivity index (χ0n) is 5.56. The van der Waals surface area contributed by atoms with Gasteiger partial charge in [-0.1, -0.05) is 13.3 Å². The largest absolute Gasteiger partial charge is 0.314 e. The van der Waals surface area contributed by atoms with Crippen LogP contribution in [0.15, 0.2) is 0 Å². The summed E-state index contributed by atoms with van der Waals surface area (Å²) in [5, 5.41) is 3.26. The average Bonchev–Trinajstić information content (AvgIpc) is 1.91. The normalized spacial score (nSPS) is 19.1. The molecule has 0 amide bonds. The Labute approximate surface area is 63.6 Å². The van der Waals surface area contributed by atoms with Crippen LogP contribution in [0.2, 0.25) is 0 Å². The van der Waals surface area contributed by atoms with E-state index in [0.29, 0.717) is 0 Å². The quantitative estimate of drug-likeness (QED) is 0.522. The van der Waals surface area contributed by atoms with Gasteiger partial charge in [-0.3, -0.25) is 4.90 Å². The van der Waals surface area contributed by atoms with E-state index in [1.807, 2.05) is 0 Å². The number of nitrogens with one attached hydrogen (secondary N) is 1. The van der Waals surface area contributed by atoms with Gasteiger partial charge in [0, 0.05) is 26.2 Å². The maximum atomic E-state index is 5.15. The first-order valence-corrected chi connectivity index (χ1v) is 3.30. The standard InChI is InChI=1S/C7H12N2.CH4/c1-2-5-9-6-3-8-4-7-9;/h1,8H,3-7H2;1H4. The third kappa shape index (κ3) is 2.86. The van der Waals surface area contributed by atoms with E-state index in [-0.39, 0.29) is 7.43 Å². The first-order chi connectivity index (χ1) is 4.43. The lowest BCUT2D eigenvalue weighted by Gasteiger charge is -2.24. The molecule has 1 aliphatic rings. The molecule has 0 unspecified atom stereocenters. The molecule has 0 aromatic carbocycles. The topological polar surface area (TPSA) is 15.3 Å². The van der Waals surface area contributed by atoms with Gasteiger partial charge < -0.3 is 5.32 Å². The summed E-state index contributed by atoms with van der Waals surface area (Å²) in [5.41, 5.74) is 0. The first-order valence-electron chi connectivity index (χ1n) is 3.30. The minimum atomic E-state index is 0. The first kappa shape index (κ1) is 9.48. The summed E-state index contributed by atoms with van der Waals surface area (Å²) in [7, 11) is 0. The molecule has 0 aromatic heterocycles. The lowest BCUT2D eigenvalue weighted by molar-refractivity contribution is 0.268. The summed E-state index contributed by atoms with van der Waals surface area (Å²) in [4.78, 5) is 2.27. The Morgan fingerprint density at radius 2 is 2.00 bits per heavy atom. The van der Waals surface area contributed by atoms with Crippen molar-refractivity contribution in [3.8, 4) is 12.3 Å². The molecule has 0 aromatic rings. The van der Waals surface area contributed by atoms with Crippen molar-refractivity contribution < 1.29 is 0 Å². The Morgan fingerprint density at radius 1 is 1.40 bits per heavy atom. The summed E-state index contributed by atoms with van der Waals surface area (Å²) < 4.78 is 0. The van der Waals surface area contributed by atoms with Crippen molar-refractivity contribution in [3.63, 3.8) is 0 Å². The molecule has 1 fully saturated rings. The van der Waals surface area contributed by atoms with Crippen molar-refractivity contribution in [2.75, 3.05) is 32.7 Å². The summed E-state index contributed by atoms with van der Waals surface area (Å²) >= 11 is 0. The number of terminal acetylenes is 1. The molecule has 0 spiro atoms. The van der Waals surface area contributed by atoms with Crippen molar-refractivity contribution in [2.45, 2.75) is 7.43 Å². The highest BCUT2D eigenvalue weighted by Crippen LogP contribution is 1.88. The molecule has 1 rings (SSSR count). The van der Waals surface area contributed by atoms with Gasteiger partial charge in [-0.25, -0.2) is 0 Å². The highest BCUT2D eigenvalue weighted by Gasteiger charge is 2.05. The van der Waals surface area contributed by atoms with Crippen LogP contribution in [0.25, 0.3) is 0 Å². The van der Waals surface area contributed by atoms with Gasteiger partial charge in [0.15, 0.2) is 0 Å². The Hall–Kier alpha value is -0.520. The molecule has 58 valence electrons. The fourth-order valence-corrected chi connectivity index (χ4v) is 0.998. The Balaban J connectivity index is 0.000000810. The van der Waals surface area contributed by atoms with Gasteiger partial charge in [-0.2, -0.15) is 0 Å². The van der Waals surface area contributed by atoms with Gasteiger partial charge in [0.05, 0.1) is 6.54 Å². The van der Waals surface area contributed by atoms with E-state index in [0.717, 1.165) is 32.7 Å². The predicted molar refractivity (Wildman–Crippen MR) is 44.9 cm³/mol. The highest BCUT2D eigenvalue weighted by atomic mass is 15.2. The van der Waals surface area contributed by atoms with Crippen molar-refractivity contribution in [2.24, 2.45) is 0 Å². The van der Waals surface area contributed by atoms with Gasteiger partial charge in [0.2, 0.25) is 0 Å². The van der Waals surface area contributed by atoms with E-state index < -0.39 is 0 Å². The van der Waals surface area contributed by atoms with E-state index in [9.17, 15) is 0 Å². The monoisotopic (exact) mass is 140 g/mol. The van der Waals surface area contributed by atoms with Crippen LogP contribution in [0.1, 0.15) is 7.43 Å². The zero-order chi connectivity index (χ0) is 6.53. The van der Waals surface area contributed by atoms with Crippen LogP contribution >= 0.6 is 0 Å². The molecule has 10 heavy (non-hydrogen) atoms. The molecule has 1 saturated heterocycles. The third-order valence-electron chi connectivity index (χ3n) is 1.52. The van der Waals surface area contributed by atoms with E-state index >= 15 is 0 Å². The second kappa shape index (κ2) is 5.28. The molecule has 0 aliphatic carbocycles. The molecule has 1 aliphatic heterocycles. The third-order valence-corrected chi connectivity index (χ3v) is 1.52. The highest BCUT2D eigenvalue weighted by molar-refractivity contribution is 4.89. The minimum absolute atomic E-state index is 0. The van der Waals surface area contributed by atoms with Crippen LogP contribution in [0.5, 0.6) is 0 Å². The predicted octanol–water partition coefficient (Wildman–Crippen LogP) is 0.161. The fourth-order valence-electron chi connectivity index (χ4n) is 0.998. The zero-order valence-corrected chi connectivity index (χ0v) is 5.56. The van der Waals surface area contributed by atoms with E-state index in [4.69, 9.17) is 6.42 Å². The van der Waals surface area contributed by atoms with Gasteiger partial charge in [-0.15, -0.1) is 6.42 Å². The van der Waals surface area contributed by atoms with E-state index in [1.165, 1.54) is 0 Å². The van der Waals surface area contributed by atoms with Crippen molar-refractivity contribution >= 4 is 0 Å². The van der Waals surface area contributed by atoms with Crippen molar-refractivity contribution in [1.82, 2.24) is 10.2 Å². The van der Waals surface area contributed by atoms with Crippen LogP contribution in [0, 0.1) is 12.3 Å². The molecule has 0 radical (unpaired) electrons. The van der Waals surface area contributed by atoms with E-state index in [2.05, 4.69) is 16.1 Å². The van der Waals surface area contributed by atoms with Crippen LogP contribution in [-0.2, 0) is 0 Å². The molecule has 0 saturated carbocycles. The van der Waals surface area contributed by atoms with Crippen molar-refractivity contribution in [3.05, 3.63) is 0 Å². The van der Waals surface area contributed by atoms with E-state index in [1.54, 1.807) is 0 Å². The minimum Gasteiger partial charge on any atom is -0.314 e. The molecule has 0 bridgehead atoms. The number of hydrogen-bond donors (Lipinski definition) is 1. The van der Waals surface area contributed by atoms with Crippen LogP contribution in [0.3, 0.4) is 0 Å². The molecular formula is C8H16N2. The van der Waals surface area contributed by atoms with Gasteiger partial charge in [0.25, 0.3) is 0 Å². The summed E-state index contributed by atoms with van der Waals surface area (Å²) in [5.74, 6) is 2.64. The number of hydrogen-bond acceptors (Lipinski definition) is 2. The second-order valence-electron chi connectivity index (χ2n) is 2.23. The number of rotatable bonds is 1. The Morgan fingerprint density at radius 3 is 2.50 bits per heavy atom. The second-order valence-corrected chi connectivity index (χ2v) is 2.23. The lowest BCUT2D eigenvalue weighted by atomic mass is 10.4.